The van der Waals surface area contributed by atoms with Gasteiger partial charge < -0.3 is 20.1 Å². The number of nitrogens with two attached hydrogens (primary N) is 1. The van der Waals surface area contributed by atoms with E-state index in [-0.39, 0.29) is 12.7 Å². The molecule has 19 heavy (non-hydrogen) atoms. The Balaban J connectivity index is 2.34. The van der Waals surface area contributed by atoms with Crippen LogP contribution in [0.25, 0.3) is 0 Å². The van der Waals surface area contributed by atoms with Crippen molar-refractivity contribution in [2.24, 2.45) is 11.1 Å². The third-order valence-electron chi connectivity index (χ3n) is 3.45. The SMILES string of the molecule is Cc1cc2c(cc1N(C)C(=O)C(C)(C)CN)OCO2. The zero-order valence-corrected chi connectivity index (χ0v) is 11.8. The summed E-state index contributed by atoms with van der Waals surface area (Å²) in [5.41, 5.74) is 6.85. The summed E-state index contributed by atoms with van der Waals surface area (Å²) >= 11 is 0. The molecule has 1 aliphatic rings. The first-order valence-electron chi connectivity index (χ1n) is 6.25. The number of amides is 1. The highest BCUT2D eigenvalue weighted by atomic mass is 16.7. The van der Waals surface area contributed by atoms with E-state index in [2.05, 4.69) is 0 Å². The molecule has 1 aliphatic heterocycles. The summed E-state index contributed by atoms with van der Waals surface area (Å²) in [5.74, 6) is 1.38. The van der Waals surface area contributed by atoms with Crippen LogP contribution in [0.15, 0.2) is 12.1 Å². The van der Waals surface area contributed by atoms with Crippen molar-refractivity contribution in [3.8, 4) is 11.5 Å². The number of anilines is 1. The normalized spacial score (nSPS) is 13.5. The number of carbonyl (C=O) groups is 1. The van der Waals surface area contributed by atoms with E-state index in [4.69, 9.17) is 15.2 Å². The van der Waals surface area contributed by atoms with Gasteiger partial charge in [0.15, 0.2) is 11.5 Å². The van der Waals surface area contributed by atoms with E-state index in [9.17, 15) is 4.79 Å². The maximum atomic E-state index is 12.4. The van der Waals surface area contributed by atoms with Gasteiger partial charge in [0, 0.05) is 19.7 Å². The molecule has 0 saturated carbocycles. The van der Waals surface area contributed by atoms with Gasteiger partial charge in [-0.15, -0.1) is 0 Å². The van der Waals surface area contributed by atoms with Gasteiger partial charge in [-0.1, -0.05) is 0 Å². The molecule has 5 heteroatoms. The van der Waals surface area contributed by atoms with Gasteiger partial charge in [-0.3, -0.25) is 4.79 Å². The minimum Gasteiger partial charge on any atom is -0.454 e. The Morgan fingerprint density at radius 1 is 1.37 bits per heavy atom. The van der Waals surface area contributed by atoms with Crippen LogP contribution in [0.2, 0.25) is 0 Å². The van der Waals surface area contributed by atoms with Gasteiger partial charge in [0.2, 0.25) is 12.7 Å². The number of benzene rings is 1. The first-order valence-corrected chi connectivity index (χ1v) is 6.25. The molecular weight excluding hydrogens is 244 g/mol. The van der Waals surface area contributed by atoms with Gasteiger partial charge in [-0.05, 0) is 32.4 Å². The summed E-state index contributed by atoms with van der Waals surface area (Å²) in [5, 5.41) is 0. The lowest BCUT2D eigenvalue weighted by molar-refractivity contribution is -0.125. The predicted molar refractivity (Wildman–Crippen MR) is 73.5 cm³/mol. The van der Waals surface area contributed by atoms with E-state index in [1.54, 1.807) is 11.9 Å². The predicted octanol–water partition coefficient (Wildman–Crippen LogP) is 1.67. The molecule has 0 bridgehead atoms. The number of fused-ring (bicyclic) bond motifs is 1. The van der Waals surface area contributed by atoms with Crippen molar-refractivity contribution in [3.63, 3.8) is 0 Å². The molecular formula is C14H20N2O3. The molecule has 1 heterocycles. The quantitative estimate of drug-likeness (QED) is 0.902. The minimum atomic E-state index is -0.586. The molecule has 0 aromatic heterocycles. The molecule has 0 radical (unpaired) electrons. The molecule has 0 atom stereocenters. The molecule has 1 amide bonds. The lowest BCUT2D eigenvalue weighted by atomic mass is 9.91. The number of nitrogens with zero attached hydrogens (tertiary/aromatic N) is 1. The summed E-state index contributed by atoms with van der Waals surface area (Å²) in [4.78, 5) is 14.1. The molecule has 0 aliphatic carbocycles. The lowest BCUT2D eigenvalue weighted by Gasteiger charge is -2.29. The fourth-order valence-electron chi connectivity index (χ4n) is 2.04. The zero-order valence-electron chi connectivity index (χ0n) is 11.8. The Morgan fingerprint density at radius 2 is 1.95 bits per heavy atom. The molecule has 1 aromatic rings. The van der Waals surface area contributed by atoms with Crippen LogP contribution in [0.3, 0.4) is 0 Å². The Labute approximate surface area is 113 Å². The highest BCUT2D eigenvalue weighted by Crippen LogP contribution is 2.38. The second kappa shape index (κ2) is 4.74. The molecule has 104 valence electrons. The van der Waals surface area contributed by atoms with E-state index in [1.807, 2.05) is 32.9 Å². The first kappa shape index (κ1) is 13.7. The summed E-state index contributed by atoms with van der Waals surface area (Å²) in [6, 6.07) is 3.72. The van der Waals surface area contributed by atoms with Crippen molar-refractivity contribution >= 4 is 11.6 Å². The third kappa shape index (κ3) is 2.38. The minimum absolute atomic E-state index is 0.0167. The number of ether oxygens (including phenoxy) is 2. The second-order valence-corrected chi connectivity index (χ2v) is 5.44. The molecule has 0 fully saturated rings. The number of hydrogen-bond acceptors (Lipinski definition) is 4. The van der Waals surface area contributed by atoms with E-state index in [0.29, 0.717) is 12.3 Å². The van der Waals surface area contributed by atoms with E-state index in [0.717, 1.165) is 17.0 Å². The van der Waals surface area contributed by atoms with Crippen molar-refractivity contribution in [2.75, 3.05) is 25.3 Å². The number of aryl methyl sites for hydroxylation is 1. The molecule has 0 spiro atoms. The van der Waals surface area contributed by atoms with Gasteiger partial charge in [0.05, 0.1) is 11.1 Å². The Hall–Kier alpha value is -1.75. The number of rotatable bonds is 3. The maximum absolute atomic E-state index is 12.4. The first-order chi connectivity index (χ1) is 8.86. The van der Waals surface area contributed by atoms with Crippen molar-refractivity contribution < 1.29 is 14.3 Å². The maximum Gasteiger partial charge on any atom is 0.233 e. The van der Waals surface area contributed by atoms with Crippen molar-refractivity contribution in [2.45, 2.75) is 20.8 Å². The monoisotopic (exact) mass is 264 g/mol. The average molecular weight is 264 g/mol. The fourth-order valence-corrected chi connectivity index (χ4v) is 2.04. The van der Waals surface area contributed by atoms with Gasteiger partial charge in [0.1, 0.15) is 0 Å². The van der Waals surface area contributed by atoms with Gasteiger partial charge >= 0.3 is 0 Å². The third-order valence-corrected chi connectivity index (χ3v) is 3.45. The lowest BCUT2D eigenvalue weighted by Crippen LogP contribution is -2.43. The second-order valence-electron chi connectivity index (χ2n) is 5.44. The van der Waals surface area contributed by atoms with Crippen molar-refractivity contribution in [1.29, 1.82) is 0 Å². The zero-order chi connectivity index (χ0) is 14.2. The molecule has 0 unspecified atom stereocenters. The average Bonchev–Trinajstić information content (AvgIpc) is 2.83. The molecule has 1 aromatic carbocycles. The number of carbonyl (C=O) groups excluding carboxylic acids is 1. The summed E-state index contributed by atoms with van der Waals surface area (Å²) in [6.07, 6.45) is 0. The molecule has 0 saturated heterocycles. The summed E-state index contributed by atoms with van der Waals surface area (Å²) in [6.45, 7) is 6.16. The largest absolute Gasteiger partial charge is 0.454 e. The van der Waals surface area contributed by atoms with Crippen LogP contribution >= 0.6 is 0 Å². The number of hydrogen-bond donors (Lipinski definition) is 1. The van der Waals surface area contributed by atoms with Crippen LogP contribution in [0, 0.1) is 12.3 Å². The Kier molecular flexibility index (Phi) is 3.41. The Morgan fingerprint density at radius 3 is 2.53 bits per heavy atom. The van der Waals surface area contributed by atoms with E-state index in [1.165, 1.54) is 0 Å². The van der Waals surface area contributed by atoms with Gasteiger partial charge in [-0.2, -0.15) is 0 Å². The highest BCUT2D eigenvalue weighted by molar-refractivity contribution is 5.97. The van der Waals surface area contributed by atoms with Crippen LogP contribution in [-0.4, -0.2) is 26.3 Å². The molecule has 5 nitrogen and oxygen atoms in total. The fraction of sp³-hybridized carbons (Fsp3) is 0.500. The summed E-state index contributed by atoms with van der Waals surface area (Å²) in [7, 11) is 1.75. The molecule has 2 N–H and O–H groups in total. The highest BCUT2D eigenvalue weighted by Gasteiger charge is 2.31. The van der Waals surface area contributed by atoms with Gasteiger partial charge in [0.25, 0.3) is 0 Å². The standard InChI is InChI=1S/C14H20N2O3/c1-9-5-11-12(19-8-18-11)6-10(9)16(4)13(17)14(2,3)7-15/h5-6H,7-8,15H2,1-4H3. The topological polar surface area (TPSA) is 64.8 Å². The van der Waals surface area contributed by atoms with Gasteiger partial charge in [-0.25, -0.2) is 0 Å². The van der Waals surface area contributed by atoms with Crippen LogP contribution in [0.5, 0.6) is 11.5 Å². The van der Waals surface area contributed by atoms with Crippen molar-refractivity contribution in [1.82, 2.24) is 0 Å². The van der Waals surface area contributed by atoms with E-state index < -0.39 is 5.41 Å². The van der Waals surface area contributed by atoms with Crippen molar-refractivity contribution in [3.05, 3.63) is 17.7 Å². The molecule has 2 rings (SSSR count). The van der Waals surface area contributed by atoms with Crippen LogP contribution in [-0.2, 0) is 4.79 Å². The van der Waals surface area contributed by atoms with Crippen LogP contribution < -0.4 is 20.1 Å². The van der Waals surface area contributed by atoms with E-state index >= 15 is 0 Å². The summed E-state index contributed by atoms with van der Waals surface area (Å²) < 4.78 is 10.7. The Bertz CT molecular complexity index is 512. The van der Waals surface area contributed by atoms with Crippen LogP contribution in [0.4, 0.5) is 5.69 Å². The van der Waals surface area contributed by atoms with Crippen LogP contribution in [0.1, 0.15) is 19.4 Å². The smallest absolute Gasteiger partial charge is 0.233 e.